The number of ether oxygens (including phenoxy) is 1. The number of nitrogens with one attached hydrogen (secondary N) is 2. The van der Waals surface area contributed by atoms with Gasteiger partial charge in [0, 0.05) is 43.2 Å². The summed E-state index contributed by atoms with van der Waals surface area (Å²) in [5, 5.41) is 3.02. The Bertz CT molecular complexity index is 1130. The van der Waals surface area contributed by atoms with Gasteiger partial charge in [-0.2, -0.15) is 0 Å². The first-order valence-electron chi connectivity index (χ1n) is 12.3. The highest BCUT2D eigenvalue weighted by Gasteiger charge is 2.55. The molecule has 2 N–H and O–H groups in total. The van der Waals surface area contributed by atoms with Crippen LogP contribution in [0.25, 0.3) is 0 Å². The fraction of sp³-hybridized carbons (Fsp3) is 0.393. The highest BCUT2D eigenvalue weighted by molar-refractivity contribution is 5.88. The first kappa shape index (κ1) is 23.1. The number of amides is 2. The molecule has 0 radical (unpaired) electrons. The van der Waals surface area contributed by atoms with Crippen molar-refractivity contribution in [3.05, 3.63) is 83.9 Å². The van der Waals surface area contributed by atoms with Crippen molar-refractivity contribution in [1.82, 2.24) is 20.2 Å². The first-order valence-corrected chi connectivity index (χ1v) is 12.3. The van der Waals surface area contributed by atoms with Crippen LogP contribution in [0.2, 0.25) is 0 Å². The molecule has 5 rings (SSSR count). The van der Waals surface area contributed by atoms with Gasteiger partial charge in [0.2, 0.25) is 11.8 Å². The third kappa shape index (κ3) is 5.09. The summed E-state index contributed by atoms with van der Waals surface area (Å²) in [6.45, 7) is 1.42. The number of aryl methyl sites for hydroxylation is 1. The second-order valence-corrected chi connectivity index (χ2v) is 9.74. The van der Waals surface area contributed by atoms with Crippen molar-refractivity contribution in [3.8, 4) is 5.75 Å². The van der Waals surface area contributed by atoms with Crippen LogP contribution in [-0.4, -0.2) is 52.9 Å². The molecular formula is C28H32N4O3. The van der Waals surface area contributed by atoms with E-state index in [0.29, 0.717) is 38.3 Å². The van der Waals surface area contributed by atoms with Crippen LogP contribution in [0.3, 0.4) is 0 Å². The van der Waals surface area contributed by atoms with Crippen molar-refractivity contribution >= 4 is 11.8 Å². The highest BCUT2D eigenvalue weighted by Crippen LogP contribution is 2.52. The van der Waals surface area contributed by atoms with Gasteiger partial charge in [0.25, 0.3) is 0 Å². The van der Waals surface area contributed by atoms with Crippen LogP contribution in [-0.2, 0) is 27.8 Å². The van der Waals surface area contributed by atoms with Crippen LogP contribution in [0.1, 0.15) is 36.1 Å². The van der Waals surface area contributed by atoms with Gasteiger partial charge >= 0.3 is 0 Å². The van der Waals surface area contributed by atoms with Gasteiger partial charge in [-0.15, -0.1) is 0 Å². The molecule has 0 bridgehead atoms. The summed E-state index contributed by atoms with van der Waals surface area (Å²) in [5.41, 5.74) is 3.25. The van der Waals surface area contributed by atoms with E-state index >= 15 is 0 Å². The molecule has 2 aliphatic rings. The van der Waals surface area contributed by atoms with E-state index in [1.54, 1.807) is 19.6 Å². The summed E-state index contributed by atoms with van der Waals surface area (Å²) in [4.78, 5) is 35.4. The van der Waals surface area contributed by atoms with Gasteiger partial charge in [-0.25, -0.2) is 4.98 Å². The van der Waals surface area contributed by atoms with Crippen molar-refractivity contribution in [2.45, 2.75) is 43.6 Å². The number of hydrogen-bond acceptors (Lipinski definition) is 4. The van der Waals surface area contributed by atoms with E-state index in [0.717, 1.165) is 17.0 Å². The number of imidazole rings is 1. The van der Waals surface area contributed by atoms with Gasteiger partial charge in [0.05, 0.1) is 13.4 Å². The molecule has 1 aliphatic heterocycles. The van der Waals surface area contributed by atoms with Gasteiger partial charge in [-0.05, 0) is 48.4 Å². The molecule has 182 valence electrons. The number of carbonyl (C=O) groups excluding carboxylic acids is 2. The Morgan fingerprint density at radius 3 is 2.51 bits per heavy atom. The van der Waals surface area contributed by atoms with E-state index in [1.165, 1.54) is 18.4 Å². The van der Waals surface area contributed by atoms with E-state index in [-0.39, 0.29) is 17.2 Å². The van der Waals surface area contributed by atoms with E-state index < -0.39 is 6.04 Å². The zero-order valence-corrected chi connectivity index (χ0v) is 20.1. The summed E-state index contributed by atoms with van der Waals surface area (Å²) < 4.78 is 5.26. The second kappa shape index (κ2) is 9.94. The van der Waals surface area contributed by atoms with E-state index in [1.807, 2.05) is 35.2 Å². The minimum Gasteiger partial charge on any atom is -0.497 e. The lowest BCUT2D eigenvalue weighted by molar-refractivity contribution is -0.144. The normalized spacial score (nSPS) is 17.3. The number of rotatable bonds is 10. The Kier molecular flexibility index (Phi) is 6.57. The van der Waals surface area contributed by atoms with Crippen molar-refractivity contribution in [2.24, 2.45) is 5.92 Å². The van der Waals surface area contributed by atoms with Gasteiger partial charge in [0.15, 0.2) is 0 Å². The van der Waals surface area contributed by atoms with Gasteiger partial charge < -0.3 is 19.9 Å². The molecule has 1 saturated carbocycles. The monoisotopic (exact) mass is 472 g/mol. The lowest BCUT2D eigenvalue weighted by atomic mass is 9.69. The quantitative estimate of drug-likeness (QED) is 0.474. The maximum Gasteiger partial charge on any atom is 0.245 e. The molecule has 35 heavy (non-hydrogen) atoms. The number of nitrogens with zero attached hydrogens (tertiary/aromatic N) is 2. The van der Waals surface area contributed by atoms with E-state index in [4.69, 9.17) is 4.74 Å². The van der Waals surface area contributed by atoms with E-state index in [9.17, 15) is 9.59 Å². The third-order valence-electron chi connectivity index (χ3n) is 7.37. The SMILES string of the molecule is COc1ccc(CC(NC(=O)CCc2cnc[nH]2)C(=O)N2CC(c3ccccc3)(C3CC3)C2)cc1. The van der Waals surface area contributed by atoms with Crippen molar-refractivity contribution in [2.75, 3.05) is 20.2 Å². The third-order valence-corrected chi connectivity index (χ3v) is 7.37. The molecule has 1 atom stereocenters. The molecule has 7 heteroatoms. The predicted octanol–water partition coefficient (Wildman–Crippen LogP) is 3.27. The number of hydrogen-bond donors (Lipinski definition) is 2. The lowest BCUT2D eigenvalue weighted by Gasteiger charge is -2.52. The fourth-order valence-electron chi connectivity index (χ4n) is 5.23. The van der Waals surface area contributed by atoms with Crippen LogP contribution in [0.4, 0.5) is 0 Å². The van der Waals surface area contributed by atoms with Crippen LogP contribution >= 0.6 is 0 Å². The number of H-pyrrole nitrogens is 1. The average molecular weight is 473 g/mol. The number of methoxy groups -OCH3 is 1. The zero-order valence-electron chi connectivity index (χ0n) is 20.1. The standard InChI is InChI=1S/C28H32N4O3/c1-35-24-12-7-20(8-13-24)15-25(31-26(33)14-11-23-16-29-19-30-23)27(34)32-17-28(18-32,22-9-10-22)21-5-3-2-4-6-21/h2-8,12-13,16,19,22,25H,9-11,14-15,17-18H2,1H3,(H,29,30)(H,31,33). The van der Waals surface area contributed by atoms with Crippen molar-refractivity contribution in [3.63, 3.8) is 0 Å². The summed E-state index contributed by atoms with van der Waals surface area (Å²) in [6.07, 6.45) is 7.05. The molecule has 7 nitrogen and oxygen atoms in total. The molecule has 2 heterocycles. The molecule has 1 saturated heterocycles. The van der Waals surface area contributed by atoms with Crippen LogP contribution < -0.4 is 10.1 Å². The molecular weight excluding hydrogens is 440 g/mol. The fourth-order valence-corrected chi connectivity index (χ4v) is 5.23. The van der Waals surface area contributed by atoms with Crippen molar-refractivity contribution < 1.29 is 14.3 Å². The molecule has 1 aliphatic carbocycles. The number of carbonyl (C=O) groups is 2. The average Bonchev–Trinajstić information content (AvgIpc) is 3.57. The zero-order chi connectivity index (χ0) is 24.3. The first-order chi connectivity index (χ1) is 17.1. The largest absolute Gasteiger partial charge is 0.497 e. The molecule has 0 spiro atoms. The number of aromatic amines is 1. The van der Waals surface area contributed by atoms with Gasteiger partial charge in [-0.3, -0.25) is 9.59 Å². The molecule has 2 aromatic carbocycles. The van der Waals surface area contributed by atoms with Gasteiger partial charge in [-0.1, -0.05) is 42.5 Å². The molecule has 1 unspecified atom stereocenters. The van der Waals surface area contributed by atoms with Gasteiger partial charge in [0.1, 0.15) is 11.8 Å². The molecule has 2 amide bonds. The molecule has 1 aromatic heterocycles. The minimum absolute atomic E-state index is 0.0112. The smallest absolute Gasteiger partial charge is 0.245 e. The lowest BCUT2D eigenvalue weighted by Crippen LogP contribution is -2.65. The summed E-state index contributed by atoms with van der Waals surface area (Å²) in [6, 6.07) is 17.6. The number of likely N-dealkylation sites (tertiary alicyclic amines) is 1. The van der Waals surface area contributed by atoms with E-state index in [2.05, 4.69) is 39.6 Å². The summed E-state index contributed by atoms with van der Waals surface area (Å²) in [5.74, 6) is 1.25. The molecule has 3 aromatic rings. The second-order valence-electron chi connectivity index (χ2n) is 9.74. The highest BCUT2D eigenvalue weighted by atomic mass is 16.5. The van der Waals surface area contributed by atoms with Crippen LogP contribution in [0, 0.1) is 5.92 Å². The molecule has 2 fully saturated rings. The number of aromatic nitrogens is 2. The topological polar surface area (TPSA) is 87.3 Å². The summed E-state index contributed by atoms with van der Waals surface area (Å²) >= 11 is 0. The number of benzene rings is 2. The maximum absolute atomic E-state index is 13.7. The minimum atomic E-state index is -0.606. The summed E-state index contributed by atoms with van der Waals surface area (Å²) in [7, 11) is 1.63. The Labute approximate surface area is 205 Å². The Morgan fingerprint density at radius 1 is 1.14 bits per heavy atom. The van der Waals surface area contributed by atoms with Crippen molar-refractivity contribution in [1.29, 1.82) is 0 Å². The predicted molar refractivity (Wildman–Crippen MR) is 133 cm³/mol. The Morgan fingerprint density at radius 2 is 1.89 bits per heavy atom. The maximum atomic E-state index is 13.7. The van der Waals surface area contributed by atoms with Crippen LogP contribution in [0.5, 0.6) is 5.75 Å². The van der Waals surface area contributed by atoms with Crippen LogP contribution in [0.15, 0.2) is 67.1 Å². The Balaban J connectivity index is 1.28. The Hall–Kier alpha value is -3.61.